The third-order valence-corrected chi connectivity index (χ3v) is 3.52. The van der Waals surface area contributed by atoms with Crippen molar-refractivity contribution in [3.63, 3.8) is 0 Å². The molecular weight excluding hydrogens is 340 g/mol. The number of amides is 2. The molecule has 1 aromatic rings. The highest BCUT2D eigenvalue weighted by Crippen LogP contribution is 2.05. The predicted molar refractivity (Wildman–Crippen MR) is 95.5 cm³/mol. The van der Waals surface area contributed by atoms with E-state index in [-0.39, 0.29) is 33.1 Å². The minimum Gasteiger partial charge on any atom is -0.481 e. The van der Waals surface area contributed by atoms with Crippen LogP contribution in [0.2, 0.25) is 0 Å². The summed E-state index contributed by atoms with van der Waals surface area (Å²) in [4.78, 5) is 46.0. The number of carboxylic acids is 2. The van der Waals surface area contributed by atoms with Gasteiger partial charge in [-0.1, -0.05) is 44.7 Å². The summed E-state index contributed by atoms with van der Waals surface area (Å²) in [6.45, 7) is 1.59. The van der Waals surface area contributed by atoms with Crippen molar-refractivity contribution in [3.8, 4) is 0 Å². The van der Waals surface area contributed by atoms with Crippen molar-refractivity contribution in [2.45, 2.75) is 52.1 Å². The summed E-state index contributed by atoms with van der Waals surface area (Å²) in [5, 5.41) is 22.9. The molecule has 0 saturated carbocycles. The van der Waals surface area contributed by atoms with Crippen molar-refractivity contribution >= 4 is 23.8 Å². The van der Waals surface area contributed by atoms with Gasteiger partial charge in [-0.2, -0.15) is 0 Å². The third kappa shape index (κ3) is 8.27. The summed E-state index contributed by atoms with van der Waals surface area (Å²) in [5.74, 6) is -3.45. The van der Waals surface area contributed by atoms with Gasteiger partial charge in [0.2, 0.25) is 11.8 Å². The van der Waals surface area contributed by atoms with Crippen LogP contribution in [0.15, 0.2) is 30.3 Å². The normalized spacial score (nSPS) is 12.2. The lowest BCUT2D eigenvalue weighted by molar-refractivity contribution is -0.143. The van der Waals surface area contributed by atoms with Crippen molar-refractivity contribution in [1.82, 2.24) is 10.6 Å². The molecule has 0 spiro atoms. The minimum atomic E-state index is -1.21. The lowest BCUT2D eigenvalue weighted by Gasteiger charge is -2.21. The Balaban J connectivity index is 0.00000625. The van der Waals surface area contributed by atoms with E-state index < -0.39 is 35.8 Å². The Morgan fingerprint density at radius 2 is 1.62 bits per heavy atom. The van der Waals surface area contributed by atoms with Crippen molar-refractivity contribution in [2.75, 3.05) is 0 Å². The summed E-state index contributed by atoms with van der Waals surface area (Å²) in [6, 6.07) is 6.51. The fourth-order valence-electron chi connectivity index (χ4n) is 2.16. The molecule has 1 aromatic carbocycles. The molecule has 0 bridgehead atoms. The molecule has 0 aliphatic carbocycles. The number of hydrogen-bond acceptors (Lipinski definition) is 4. The van der Waals surface area contributed by atoms with Crippen LogP contribution in [0, 0.1) is 0 Å². The maximum Gasteiger partial charge on any atom is 0.326 e. The first-order chi connectivity index (χ1) is 11.8. The van der Waals surface area contributed by atoms with Gasteiger partial charge in [0.15, 0.2) is 0 Å². The standard InChI is InChI=1S/C17H22N2O6.CH4/c1-2-14(20)18-12(8-9-15(21)22)16(23)19-13(17(24)25)10-11-6-4-3-5-7-11;/h3-7,12-13H,2,8-10H2,1H3,(H,18,20)(H,19,23)(H,21,22)(H,24,25);1H4. The highest BCUT2D eigenvalue weighted by atomic mass is 16.4. The number of hydrogen-bond donors (Lipinski definition) is 4. The van der Waals surface area contributed by atoms with E-state index in [0.29, 0.717) is 0 Å². The molecule has 8 nitrogen and oxygen atoms in total. The van der Waals surface area contributed by atoms with Crippen LogP contribution in [0.5, 0.6) is 0 Å². The molecule has 0 heterocycles. The van der Waals surface area contributed by atoms with E-state index in [1.165, 1.54) is 0 Å². The van der Waals surface area contributed by atoms with Crippen molar-refractivity contribution in [1.29, 1.82) is 0 Å². The van der Waals surface area contributed by atoms with Gasteiger partial charge in [-0.05, 0) is 12.0 Å². The molecule has 0 radical (unpaired) electrons. The van der Waals surface area contributed by atoms with Crippen LogP contribution in [0.25, 0.3) is 0 Å². The molecule has 0 fully saturated rings. The zero-order chi connectivity index (χ0) is 18.8. The smallest absolute Gasteiger partial charge is 0.326 e. The van der Waals surface area contributed by atoms with Crippen molar-refractivity contribution in [3.05, 3.63) is 35.9 Å². The monoisotopic (exact) mass is 366 g/mol. The number of carbonyl (C=O) groups is 4. The van der Waals surface area contributed by atoms with E-state index >= 15 is 0 Å². The molecule has 0 aromatic heterocycles. The average Bonchev–Trinajstić information content (AvgIpc) is 2.58. The van der Waals surface area contributed by atoms with Crippen LogP contribution in [0.3, 0.4) is 0 Å². The number of rotatable bonds is 10. The van der Waals surface area contributed by atoms with Crippen LogP contribution in [-0.4, -0.2) is 46.0 Å². The molecule has 26 heavy (non-hydrogen) atoms. The Morgan fingerprint density at radius 1 is 1.00 bits per heavy atom. The molecule has 2 amide bonds. The number of benzene rings is 1. The summed E-state index contributed by atoms with van der Waals surface area (Å²) in [7, 11) is 0. The highest BCUT2D eigenvalue weighted by molar-refractivity contribution is 5.90. The van der Waals surface area contributed by atoms with Gasteiger partial charge >= 0.3 is 11.9 Å². The Hall–Kier alpha value is -2.90. The van der Waals surface area contributed by atoms with Crippen LogP contribution in [-0.2, 0) is 25.6 Å². The number of aliphatic carboxylic acids is 2. The highest BCUT2D eigenvalue weighted by Gasteiger charge is 2.26. The molecule has 1 rings (SSSR count). The van der Waals surface area contributed by atoms with E-state index in [1.807, 2.05) is 0 Å². The Kier molecular flexibility index (Phi) is 10.3. The Labute approximate surface area is 152 Å². The summed E-state index contributed by atoms with van der Waals surface area (Å²) < 4.78 is 0. The van der Waals surface area contributed by atoms with Crippen LogP contribution >= 0.6 is 0 Å². The van der Waals surface area contributed by atoms with Gasteiger partial charge in [0.25, 0.3) is 0 Å². The number of carbonyl (C=O) groups excluding carboxylic acids is 2. The van der Waals surface area contributed by atoms with E-state index in [2.05, 4.69) is 10.6 Å². The van der Waals surface area contributed by atoms with Gasteiger partial charge in [0.1, 0.15) is 12.1 Å². The molecule has 2 unspecified atom stereocenters. The van der Waals surface area contributed by atoms with Gasteiger partial charge in [0.05, 0.1) is 0 Å². The topological polar surface area (TPSA) is 133 Å². The Morgan fingerprint density at radius 3 is 2.12 bits per heavy atom. The van der Waals surface area contributed by atoms with E-state index in [9.17, 15) is 24.3 Å². The zero-order valence-electron chi connectivity index (χ0n) is 13.9. The fraction of sp³-hybridized carbons (Fsp3) is 0.444. The van der Waals surface area contributed by atoms with Gasteiger partial charge in [0, 0.05) is 19.3 Å². The van der Waals surface area contributed by atoms with Gasteiger partial charge in [-0.25, -0.2) is 4.79 Å². The molecule has 144 valence electrons. The molecule has 0 aliphatic heterocycles. The third-order valence-electron chi connectivity index (χ3n) is 3.52. The van der Waals surface area contributed by atoms with Crippen LogP contribution in [0.4, 0.5) is 0 Å². The minimum absolute atomic E-state index is 0. The average molecular weight is 366 g/mol. The van der Waals surface area contributed by atoms with E-state index in [4.69, 9.17) is 5.11 Å². The van der Waals surface area contributed by atoms with Crippen LogP contribution < -0.4 is 10.6 Å². The first-order valence-electron chi connectivity index (χ1n) is 7.91. The molecule has 8 heteroatoms. The van der Waals surface area contributed by atoms with Gasteiger partial charge in [-0.15, -0.1) is 0 Å². The van der Waals surface area contributed by atoms with Crippen molar-refractivity contribution < 1.29 is 29.4 Å². The summed E-state index contributed by atoms with van der Waals surface area (Å²) in [6.07, 6.45) is -0.235. The molecule has 0 saturated heterocycles. The van der Waals surface area contributed by atoms with Gasteiger partial charge < -0.3 is 20.8 Å². The fourth-order valence-corrected chi connectivity index (χ4v) is 2.16. The zero-order valence-corrected chi connectivity index (χ0v) is 13.9. The number of carboxylic acid groups (broad SMARTS) is 2. The maximum atomic E-state index is 12.3. The molecule has 0 aliphatic rings. The second-order valence-electron chi connectivity index (χ2n) is 5.50. The second-order valence-corrected chi connectivity index (χ2v) is 5.50. The van der Waals surface area contributed by atoms with Crippen LogP contribution in [0.1, 0.15) is 39.2 Å². The lowest BCUT2D eigenvalue weighted by atomic mass is 10.0. The summed E-state index contributed by atoms with van der Waals surface area (Å²) in [5.41, 5.74) is 0.731. The first kappa shape index (κ1) is 23.1. The Bertz CT molecular complexity index is 617. The maximum absolute atomic E-state index is 12.3. The number of nitrogens with one attached hydrogen (secondary N) is 2. The molecule has 2 atom stereocenters. The first-order valence-corrected chi connectivity index (χ1v) is 7.91. The summed E-state index contributed by atoms with van der Waals surface area (Å²) >= 11 is 0. The quantitative estimate of drug-likeness (QED) is 0.492. The molecule has 4 N–H and O–H groups in total. The molecular formula is C18H26N2O6. The van der Waals surface area contributed by atoms with E-state index in [0.717, 1.165) is 5.56 Å². The predicted octanol–water partition coefficient (Wildman–Crippen LogP) is 1.19. The van der Waals surface area contributed by atoms with Gasteiger partial charge in [-0.3, -0.25) is 14.4 Å². The van der Waals surface area contributed by atoms with E-state index in [1.54, 1.807) is 37.3 Å². The SMILES string of the molecule is C.CCC(=O)NC(CCC(=O)O)C(=O)NC(Cc1ccccc1)C(=O)O. The van der Waals surface area contributed by atoms with Crippen molar-refractivity contribution in [2.24, 2.45) is 0 Å². The second kappa shape index (κ2) is 11.6. The largest absolute Gasteiger partial charge is 0.481 e. The lowest BCUT2D eigenvalue weighted by Crippen LogP contribution is -2.52.